The van der Waals surface area contributed by atoms with Crippen LogP contribution in [0.15, 0.2) is 36.4 Å². The fourth-order valence-electron chi connectivity index (χ4n) is 2.93. The summed E-state index contributed by atoms with van der Waals surface area (Å²) in [6.45, 7) is 3.78. The van der Waals surface area contributed by atoms with Crippen LogP contribution in [0.3, 0.4) is 0 Å². The number of imide groups is 1. The van der Waals surface area contributed by atoms with Gasteiger partial charge >= 0.3 is 0 Å². The largest absolute Gasteiger partial charge is 0.372 e. The van der Waals surface area contributed by atoms with Crippen LogP contribution < -0.4 is 10.2 Å². The Bertz CT molecular complexity index is 816. The second-order valence-corrected chi connectivity index (χ2v) is 6.68. The van der Waals surface area contributed by atoms with E-state index in [9.17, 15) is 9.59 Å². The molecule has 1 saturated heterocycles. The van der Waals surface area contributed by atoms with Crippen molar-refractivity contribution in [2.24, 2.45) is 0 Å². The van der Waals surface area contributed by atoms with Gasteiger partial charge in [-0.2, -0.15) is 0 Å². The molecule has 2 aromatic carbocycles. The zero-order valence-corrected chi connectivity index (χ0v) is 14.8. The van der Waals surface area contributed by atoms with Crippen molar-refractivity contribution in [1.29, 1.82) is 0 Å². The summed E-state index contributed by atoms with van der Waals surface area (Å²) in [6.07, 6.45) is 0.0889. The van der Waals surface area contributed by atoms with Gasteiger partial charge in [-0.3, -0.25) is 9.59 Å². The van der Waals surface area contributed by atoms with E-state index in [1.807, 2.05) is 32.0 Å². The molecule has 4 nitrogen and oxygen atoms in total. The Morgan fingerprint density at radius 1 is 1.08 bits per heavy atom. The normalized spacial score (nSPS) is 17.5. The van der Waals surface area contributed by atoms with Gasteiger partial charge in [-0.15, -0.1) is 0 Å². The molecular weight excluding hydrogens is 347 g/mol. The van der Waals surface area contributed by atoms with E-state index in [0.29, 0.717) is 21.4 Å². The first-order valence-electron chi connectivity index (χ1n) is 7.53. The van der Waals surface area contributed by atoms with Gasteiger partial charge < -0.3 is 5.32 Å². The summed E-state index contributed by atoms with van der Waals surface area (Å²) in [5, 5.41) is 3.97. The Kier molecular flexibility index (Phi) is 4.52. The minimum Gasteiger partial charge on any atom is -0.372 e. The Morgan fingerprint density at radius 2 is 1.75 bits per heavy atom. The van der Waals surface area contributed by atoms with Gasteiger partial charge in [0.05, 0.1) is 22.8 Å². The zero-order valence-electron chi connectivity index (χ0n) is 13.3. The van der Waals surface area contributed by atoms with Gasteiger partial charge in [0.2, 0.25) is 5.91 Å². The van der Waals surface area contributed by atoms with Crippen molar-refractivity contribution in [3.05, 3.63) is 57.6 Å². The van der Waals surface area contributed by atoms with Crippen LogP contribution in [0.25, 0.3) is 0 Å². The molecule has 1 heterocycles. The maximum Gasteiger partial charge on any atom is 0.256 e. The molecule has 0 unspecified atom stereocenters. The summed E-state index contributed by atoms with van der Waals surface area (Å²) in [6, 6.07) is 10.0. The van der Waals surface area contributed by atoms with Crippen molar-refractivity contribution in [3.8, 4) is 0 Å². The van der Waals surface area contributed by atoms with Crippen LogP contribution in [0, 0.1) is 13.8 Å². The molecule has 0 aromatic heterocycles. The molecule has 0 aliphatic carbocycles. The van der Waals surface area contributed by atoms with Crippen LogP contribution in [0.4, 0.5) is 11.4 Å². The van der Waals surface area contributed by atoms with Gasteiger partial charge in [-0.1, -0.05) is 41.4 Å². The number of carbonyl (C=O) groups excluding carboxylic acids is 2. The molecule has 3 rings (SSSR count). The van der Waals surface area contributed by atoms with Crippen LogP contribution in [-0.2, 0) is 9.59 Å². The fourth-order valence-corrected chi connectivity index (χ4v) is 3.40. The van der Waals surface area contributed by atoms with E-state index in [1.165, 1.54) is 4.90 Å². The number of amides is 2. The van der Waals surface area contributed by atoms with Crippen molar-refractivity contribution in [1.82, 2.24) is 0 Å². The molecule has 1 aliphatic rings. The minimum atomic E-state index is -0.643. The van der Waals surface area contributed by atoms with E-state index in [1.54, 1.807) is 18.2 Å². The van der Waals surface area contributed by atoms with Gasteiger partial charge in [-0.05, 0) is 43.2 Å². The number of para-hydroxylation sites is 1. The standard InChI is InChI=1S/C18H16Cl2N2O2/c1-10-4-3-5-11(2)17(10)22-16(23)9-15(18(22)24)21-14-7-6-12(19)8-13(14)20/h3-8,15,21H,9H2,1-2H3/t15-/m1/s1. The maximum absolute atomic E-state index is 12.8. The number of rotatable bonds is 3. The van der Waals surface area contributed by atoms with Crippen molar-refractivity contribution >= 4 is 46.4 Å². The number of nitrogens with one attached hydrogen (secondary N) is 1. The van der Waals surface area contributed by atoms with Crippen molar-refractivity contribution in [2.45, 2.75) is 26.3 Å². The van der Waals surface area contributed by atoms with Crippen LogP contribution in [0.5, 0.6) is 0 Å². The lowest BCUT2D eigenvalue weighted by Gasteiger charge is -2.20. The quantitative estimate of drug-likeness (QED) is 0.825. The monoisotopic (exact) mass is 362 g/mol. The highest BCUT2D eigenvalue weighted by Crippen LogP contribution is 2.32. The van der Waals surface area contributed by atoms with Gasteiger partial charge in [-0.25, -0.2) is 4.90 Å². The number of aryl methyl sites for hydroxylation is 2. The van der Waals surface area contributed by atoms with E-state index >= 15 is 0 Å². The molecule has 2 aromatic rings. The first-order valence-corrected chi connectivity index (χ1v) is 8.28. The predicted octanol–water partition coefficient (Wildman–Crippen LogP) is 4.35. The van der Waals surface area contributed by atoms with Gasteiger partial charge in [0.25, 0.3) is 5.91 Å². The average Bonchev–Trinajstić information content (AvgIpc) is 2.77. The van der Waals surface area contributed by atoms with Crippen LogP contribution in [0.2, 0.25) is 10.0 Å². The number of anilines is 2. The molecule has 1 aliphatic heterocycles. The molecule has 124 valence electrons. The highest BCUT2D eigenvalue weighted by Gasteiger charge is 2.40. The molecule has 0 radical (unpaired) electrons. The first-order chi connectivity index (χ1) is 11.4. The lowest BCUT2D eigenvalue weighted by molar-refractivity contribution is -0.121. The Balaban J connectivity index is 1.89. The molecule has 1 fully saturated rings. The van der Waals surface area contributed by atoms with Crippen molar-refractivity contribution in [3.63, 3.8) is 0 Å². The first kappa shape index (κ1) is 16.8. The summed E-state index contributed by atoms with van der Waals surface area (Å²) in [4.78, 5) is 26.5. The predicted molar refractivity (Wildman–Crippen MR) is 96.9 cm³/mol. The van der Waals surface area contributed by atoms with E-state index in [2.05, 4.69) is 5.32 Å². The summed E-state index contributed by atoms with van der Waals surface area (Å²) in [5.41, 5.74) is 3.03. The molecule has 1 atom stereocenters. The SMILES string of the molecule is Cc1cccc(C)c1N1C(=O)C[C@@H](Nc2ccc(Cl)cc2Cl)C1=O. The molecule has 0 spiro atoms. The highest BCUT2D eigenvalue weighted by molar-refractivity contribution is 6.36. The Morgan fingerprint density at radius 3 is 2.38 bits per heavy atom. The third kappa shape index (κ3) is 2.99. The molecule has 24 heavy (non-hydrogen) atoms. The van der Waals surface area contributed by atoms with Crippen LogP contribution in [-0.4, -0.2) is 17.9 Å². The topological polar surface area (TPSA) is 49.4 Å². The fraction of sp³-hybridized carbons (Fsp3) is 0.222. The number of carbonyl (C=O) groups is 2. The van der Waals surface area contributed by atoms with E-state index in [0.717, 1.165) is 11.1 Å². The molecule has 1 N–H and O–H groups in total. The van der Waals surface area contributed by atoms with Gasteiger partial charge in [0.1, 0.15) is 6.04 Å². The zero-order chi connectivity index (χ0) is 17.4. The minimum absolute atomic E-state index is 0.0889. The maximum atomic E-state index is 12.8. The smallest absolute Gasteiger partial charge is 0.256 e. The van der Waals surface area contributed by atoms with E-state index in [-0.39, 0.29) is 18.2 Å². The Labute approximate surface area is 150 Å². The molecule has 0 saturated carbocycles. The number of hydrogen-bond donors (Lipinski definition) is 1. The molecule has 6 heteroatoms. The third-order valence-corrected chi connectivity index (χ3v) is 4.62. The summed E-state index contributed by atoms with van der Waals surface area (Å²) in [7, 11) is 0. The third-order valence-electron chi connectivity index (χ3n) is 4.07. The molecule has 0 bridgehead atoms. The number of nitrogens with zero attached hydrogens (tertiary/aromatic N) is 1. The average molecular weight is 363 g/mol. The second kappa shape index (κ2) is 6.46. The number of halogens is 2. The summed E-state index contributed by atoms with van der Waals surface area (Å²) < 4.78 is 0. The Hall–Kier alpha value is -2.04. The summed E-state index contributed by atoms with van der Waals surface area (Å²) in [5.74, 6) is -0.497. The summed E-state index contributed by atoms with van der Waals surface area (Å²) >= 11 is 12.0. The van der Waals surface area contributed by atoms with E-state index < -0.39 is 6.04 Å². The van der Waals surface area contributed by atoms with E-state index in [4.69, 9.17) is 23.2 Å². The van der Waals surface area contributed by atoms with Gasteiger partial charge in [0, 0.05) is 5.02 Å². The lowest BCUT2D eigenvalue weighted by Crippen LogP contribution is -2.35. The van der Waals surface area contributed by atoms with Gasteiger partial charge in [0.15, 0.2) is 0 Å². The number of hydrogen-bond acceptors (Lipinski definition) is 3. The molecule has 2 amide bonds. The highest BCUT2D eigenvalue weighted by atomic mass is 35.5. The van der Waals surface area contributed by atoms with Crippen LogP contribution >= 0.6 is 23.2 Å². The van der Waals surface area contributed by atoms with Crippen molar-refractivity contribution in [2.75, 3.05) is 10.2 Å². The molecular formula is C18H16Cl2N2O2. The van der Waals surface area contributed by atoms with Crippen molar-refractivity contribution < 1.29 is 9.59 Å². The number of benzene rings is 2. The second-order valence-electron chi connectivity index (χ2n) is 5.83. The van der Waals surface area contributed by atoms with Crippen LogP contribution in [0.1, 0.15) is 17.5 Å². The lowest BCUT2D eigenvalue weighted by atomic mass is 10.1.